The van der Waals surface area contributed by atoms with Crippen LogP contribution in [0.4, 0.5) is 0 Å². The molecule has 0 atom stereocenters. The molecular formula is C12H16N2O4S. The van der Waals surface area contributed by atoms with Crippen LogP contribution in [0.3, 0.4) is 0 Å². The first kappa shape index (κ1) is 14.0. The van der Waals surface area contributed by atoms with E-state index in [9.17, 15) is 13.2 Å². The number of hydrogen-bond donors (Lipinski definition) is 3. The summed E-state index contributed by atoms with van der Waals surface area (Å²) in [4.78, 5) is 10.7. The summed E-state index contributed by atoms with van der Waals surface area (Å²) in [6.07, 6.45) is 1.63. The first-order valence-electron chi connectivity index (χ1n) is 6.02. The SMILES string of the molecule is O=C(O)Cc1ccccc1CNS(=O)(=O)NC1CC1. The van der Waals surface area contributed by atoms with Crippen molar-refractivity contribution in [3.05, 3.63) is 35.4 Å². The number of benzene rings is 1. The molecule has 1 saturated carbocycles. The maximum absolute atomic E-state index is 11.6. The smallest absolute Gasteiger partial charge is 0.307 e. The van der Waals surface area contributed by atoms with E-state index in [1.54, 1.807) is 24.3 Å². The second-order valence-electron chi connectivity index (χ2n) is 4.56. The number of hydrogen-bond acceptors (Lipinski definition) is 3. The highest BCUT2D eigenvalue weighted by Gasteiger charge is 2.26. The lowest BCUT2D eigenvalue weighted by molar-refractivity contribution is -0.136. The van der Waals surface area contributed by atoms with E-state index in [0.717, 1.165) is 12.8 Å². The molecular weight excluding hydrogens is 268 g/mol. The van der Waals surface area contributed by atoms with Crippen molar-refractivity contribution in [3.8, 4) is 0 Å². The fourth-order valence-electron chi connectivity index (χ4n) is 1.70. The zero-order valence-electron chi connectivity index (χ0n) is 10.3. The van der Waals surface area contributed by atoms with Crippen LogP contribution >= 0.6 is 0 Å². The Balaban J connectivity index is 2.00. The van der Waals surface area contributed by atoms with Crippen molar-refractivity contribution in [2.24, 2.45) is 0 Å². The normalized spacial score (nSPS) is 15.4. The van der Waals surface area contributed by atoms with Crippen molar-refractivity contribution in [3.63, 3.8) is 0 Å². The van der Waals surface area contributed by atoms with E-state index >= 15 is 0 Å². The van der Waals surface area contributed by atoms with Crippen LogP contribution < -0.4 is 9.44 Å². The summed E-state index contributed by atoms with van der Waals surface area (Å²) in [5.41, 5.74) is 1.29. The molecule has 19 heavy (non-hydrogen) atoms. The molecule has 1 aromatic carbocycles. The molecule has 0 unspecified atom stereocenters. The molecule has 0 amide bonds. The van der Waals surface area contributed by atoms with Gasteiger partial charge in [-0.05, 0) is 24.0 Å². The van der Waals surface area contributed by atoms with Gasteiger partial charge in [-0.25, -0.2) is 0 Å². The molecule has 2 rings (SSSR count). The summed E-state index contributed by atoms with van der Waals surface area (Å²) in [6, 6.07) is 6.94. The molecule has 0 aliphatic heterocycles. The highest BCUT2D eigenvalue weighted by molar-refractivity contribution is 7.87. The van der Waals surface area contributed by atoms with Gasteiger partial charge in [0.2, 0.25) is 0 Å². The summed E-state index contributed by atoms with van der Waals surface area (Å²) in [5.74, 6) is -0.939. The summed E-state index contributed by atoms with van der Waals surface area (Å²) in [7, 11) is -3.51. The minimum Gasteiger partial charge on any atom is -0.481 e. The van der Waals surface area contributed by atoms with Gasteiger partial charge in [0.25, 0.3) is 10.2 Å². The van der Waals surface area contributed by atoms with Crippen LogP contribution in [0.25, 0.3) is 0 Å². The fourth-order valence-corrected chi connectivity index (χ4v) is 2.80. The Kier molecular flexibility index (Phi) is 4.18. The first-order valence-corrected chi connectivity index (χ1v) is 7.50. The van der Waals surface area contributed by atoms with Gasteiger partial charge in [-0.1, -0.05) is 24.3 Å². The van der Waals surface area contributed by atoms with Gasteiger partial charge in [-0.15, -0.1) is 0 Å². The summed E-state index contributed by atoms with van der Waals surface area (Å²) >= 11 is 0. The number of aliphatic carboxylic acids is 1. The monoisotopic (exact) mass is 284 g/mol. The topological polar surface area (TPSA) is 95.5 Å². The lowest BCUT2D eigenvalue weighted by Crippen LogP contribution is -2.37. The van der Waals surface area contributed by atoms with Crippen molar-refractivity contribution in [1.29, 1.82) is 0 Å². The van der Waals surface area contributed by atoms with Crippen LogP contribution in [0.15, 0.2) is 24.3 Å². The predicted molar refractivity (Wildman–Crippen MR) is 69.7 cm³/mol. The van der Waals surface area contributed by atoms with Gasteiger partial charge in [-0.3, -0.25) is 4.79 Å². The van der Waals surface area contributed by atoms with Crippen molar-refractivity contribution < 1.29 is 18.3 Å². The molecule has 3 N–H and O–H groups in total. The van der Waals surface area contributed by atoms with E-state index < -0.39 is 16.2 Å². The molecule has 0 bridgehead atoms. The Morgan fingerprint density at radius 3 is 2.47 bits per heavy atom. The minimum atomic E-state index is -3.51. The Morgan fingerprint density at radius 2 is 1.89 bits per heavy atom. The van der Waals surface area contributed by atoms with E-state index in [0.29, 0.717) is 11.1 Å². The highest BCUT2D eigenvalue weighted by atomic mass is 32.2. The van der Waals surface area contributed by atoms with Gasteiger partial charge in [0.05, 0.1) is 6.42 Å². The Labute approximate surface area is 112 Å². The highest BCUT2D eigenvalue weighted by Crippen LogP contribution is 2.19. The molecule has 1 aliphatic rings. The summed E-state index contributed by atoms with van der Waals surface area (Å²) < 4.78 is 28.2. The maximum Gasteiger partial charge on any atom is 0.307 e. The molecule has 6 nitrogen and oxygen atoms in total. The first-order chi connectivity index (χ1) is 8.96. The average Bonchev–Trinajstić information content (AvgIpc) is 3.10. The van der Waals surface area contributed by atoms with Crippen LogP contribution in [0.1, 0.15) is 24.0 Å². The van der Waals surface area contributed by atoms with E-state index in [4.69, 9.17) is 5.11 Å². The predicted octanol–water partition coefficient (Wildman–Crippen LogP) is 0.400. The Hall–Kier alpha value is -1.44. The van der Waals surface area contributed by atoms with Crippen molar-refractivity contribution in [2.75, 3.05) is 0 Å². The number of carbonyl (C=O) groups is 1. The zero-order valence-corrected chi connectivity index (χ0v) is 11.1. The number of carboxylic acids is 1. The molecule has 0 radical (unpaired) electrons. The molecule has 1 fully saturated rings. The lowest BCUT2D eigenvalue weighted by Gasteiger charge is -2.10. The average molecular weight is 284 g/mol. The van der Waals surface area contributed by atoms with E-state index in [-0.39, 0.29) is 19.0 Å². The summed E-state index contributed by atoms with van der Waals surface area (Å²) in [6.45, 7) is 0.0888. The Bertz CT molecular complexity index is 567. The third-order valence-electron chi connectivity index (χ3n) is 2.81. The minimum absolute atomic E-state index is 0.0479. The van der Waals surface area contributed by atoms with E-state index in [1.807, 2.05) is 0 Å². The largest absolute Gasteiger partial charge is 0.481 e. The van der Waals surface area contributed by atoms with Crippen LogP contribution in [0.5, 0.6) is 0 Å². The van der Waals surface area contributed by atoms with Crippen LogP contribution in [0, 0.1) is 0 Å². The third kappa shape index (κ3) is 4.62. The van der Waals surface area contributed by atoms with E-state index in [1.165, 1.54) is 0 Å². The molecule has 0 aromatic heterocycles. The van der Waals surface area contributed by atoms with Crippen molar-refractivity contribution in [2.45, 2.75) is 31.8 Å². The molecule has 1 aromatic rings. The second kappa shape index (κ2) is 5.68. The molecule has 104 valence electrons. The van der Waals surface area contributed by atoms with Crippen LogP contribution in [0.2, 0.25) is 0 Å². The van der Waals surface area contributed by atoms with Crippen LogP contribution in [-0.4, -0.2) is 25.5 Å². The molecule has 1 aliphatic carbocycles. The third-order valence-corrected chi connectivity index (χ3v) is 3.98. The Morgan fingerprint density at radius 1 is 1.26 bits per heavy atom. The van der Waals surface area contributed by atoms with Gasteiger partial charge in [-0.2, -0.15) is 17.9 Å². The lowest BCUT2D eigenvalue weighted by atomic mass is 10.1. The summed E-state index contributed by atoms with van der Waals surface area (Å²) in [5, 5.41) is 8.80. The van der Waals surface area contributed by atoms with Crippen LogP contribution in [-0.2, 0) is 28.0 Å². The maximum atomic E-state index is 11.6. The molecule has 7 heteroatoms. The molecule has 0 heterocycles. The number of nitrogens with one attached hydrogen (secondary N) is 2. The second-order valence-corrected chi connectivity index (χ2v) is 6.09. The quantitative estimate of drug-likeness (QED) is 0.675. The number of carboxylic acid groups (broad SMARTS) is 1. The fraction of sp³-hybridized carbons (Fsp3) is 0.417. The van der Waals surface area contributed by atoms with Gasteiger partial charge in [0.15, 0.2) is 0 Å². The zero-order chi connectivity index (χ0) is 13.9. The van der Waals surface area contributed by atoms with Crippen molar-refractivity contribution in [1.82, 2.24) is 9.44 Å². The van der Waals surface area contributed by atoms with Gasteiger partial charge >= 0.3 is 5.97 Å². The van der Waals surface area contributed by atoms with Crippen molar-refractivity contribution >= 4 is 16.2 Å². The van der Waals surface area contributed by atoms with Gasteiger partial charge in [0, 0.05) is 12.6 Å². The van der Waals surface area contributed by atoms with Gasteiger partial charge in [0.1, 0.15) is 0 Å². The molecule has 0 spiro atoms. The van der Waals surface area contributed by atoms with Gasteiger partial charge < -0.3 is 5.11 Å². The van der Waals surface area contributed by atoms with E-state index in [2.05, 4.69) is 9.44 Å². The number of rotatable bonds is 7. The molecule has 0 saturated heterocycles. The standard InChI is InChI=1S/C12H16N2O4S/c15-12(16)7-9-3-1-2-4-10(9)8-13-19(17,18)14-11-5-6-11/h1-4,11,13-14H,5-8H2,(H,15,16).